The predicted molar refractivity (Wildman–Crippen MR) is 132 cm³/mol. The van der Waals surface area contributed by atoms with Crippen molar-refractivity contribution in [2.75, 3.05) is 0 Å². The summed E-state index contributed by atoms with van der Waals surface area (Å²) in [5.41, 5.74) is 6.87. The number of aromatic amines is 1. The van der Waals surface area contributed by atoms with Gasteiger partial charge in [0.25, 0.3) is 0 Å². The molecule has 2 N–H and O–H groups in total. The van der Waals surface area contributed by atoms with Crippen LogP contribution in [0.2, 0.25) is 10.0 Å². The monoisotopic (exact) mass is 462 g/mol. The third-order valence-corrected chi connectivity index (χ3v) is 5.81. The van der Waals surface area contributed by atoms with Crippen LogP contribution >= 0.6 is 23.2 Å². The van der Waals surface area contributed by atoms with E-state index in [0.717, 1.165) is 56.8 Å². The molecule has 0 fully saturated rings. The van der Waals surface area contributed by atoms with Crippen LogP contribution in [0.5, 0.6) is 0 Å². The fraction of sp³-hybridized carbons (Fsp3) is 0.0769. The molecule has 0 unspecified atom stereocenters. The fourth-order valence-corrected chi connectivity index (χ4v) is 4.30. The lowest BCUT2D eigenvalue weighted by molar-refractivity contribution is -0.131. The molecule has 0 radical (unpaired) electrons. The van der Waals surface area contributed by atoms with Crippen molar-refractivity contribution in [1.82, 2.24) is 10.2 Å². The summed E-state index contributed by atoms with van der Waals surface area (Å²) in [5, 5.41) is 18.2. The molecular weight excluding hydrogens is 443 g/mol. The largest absolute Gasteiger partial charge is 0.478 e. The van der Waals surface area contributed by atoms with Crippen molar-refractivity contribution in [3.63, 3.8) is 0 Å². The van der Waals surface area contributed by atoms with Gasteiger partial charge in [-0.15, -0.1) is 0 Å². The number of aliphatic carboxylic acids is 1. The molecule has 32 heavy (non-hydrogen) atoms. The van der Waals surface area contributed by atoms with E-state index in [1.807, 2.05) is 42.5 Å². The Bertz CT molecular complexity index is 1350. The van der Waals surface area contributed by atoms with Crippen LogP contribution < -0.4 is 0 Å². The number of nitrogens with zero attached hydrogens (tertiary/aromatic N) is 1. The predicted octanol–water partition coefficient (Wildman–Crippen LogP) is 7.34. The van der Waals surface area contributed by atoms with Gasteiger partial charge < -0.3 is 5.11 Å². The zero-order chi connectivity index (χ0) is 22.7. The minimum atomic E-state index is -0.978. The summed E-state index contributed by atoms with van der Waals surface area (Å²) in [7, 11) is 0. The van der Waals surface area contributed by atoms with Crippen LogP contribution in [0, 0.1) is 0 Å². The van der Waals surface area contributed by atoms with Gasteiger partial charge in [-0.1, -0.05) is 66.5 Å². The number of nitrogens with one attached hydrogen (secondary N) is 1. The van der Waals surface area contributed by atoms with Gasteiger partial charge in [-0.05, 0) is 70.2 Å². The van der Waals surface area contributed by atoms with Crippen LogP contribution in [0.25, 0.3) is 28.1 Å². The molecule has 1 heterocycles. The lowest BCUT2D eigenvalue weighted by Crippen LogP contribution is -1.96. The van der Waals surface area contributed by atoms with Gasteiger partial charge in [-0.25, -0.2) is 4.79 Å². The summed E-state index contributed by atoms with van der Waals surface area (Å²) >= 11 is 12.7. The SMILES string of the molecule is CC/C(=C(/c1ccc(C=CC(=O)O)cc1)c1ccc2[nH]ncc2c1)c1ccc(Cl)cc1Cl. The van der Waals surface area contributed by atoms with Gasteiger partial charge >= 0.3 is 5.97 Å². The first kappa shape index (κ1) is 21.9. The number of H-pyrrole nitrogens is 1. The Hall–Kier alpha value is -3.34. The minimum Gasteiger partial charge on any atom is -0.478 e. The van der Waals surface area contributed by atoms with Crippen LogP contribution in [0.1, 0.15) is 35.6 Å². The zero-order valence-corrected chi connectivity index (χ0v) is 18.8. The first-order chi connectivity index (χ1) is 15.5. The quantitative estimate of drug-likeness (QED) is 0.232. The van der Waals surface area contributed by atoms with Crippen molar-refractivity contribution in [2.24, 2.45) is 0 Å². The second kappa shape index (κ2) is 9.43. The highest BCUT2D eigenvalue weighted by Crippen LogP contribution is 2.38. The fourth-order valence-electron chi connectivity index (χ4n) is 3.78. The van der Waals surface area contributed by atoms with Crippen molar-refractivity contribution in [3.05, 3.63) is 105 Å². The molecule has 0 saturated carbocycles. The van der Waals surface area contributed by atoms with E-state index in [1.54, 1.807) is 18.3 Å². The molecule has 6 heteroatoms. The molecule has 0 saturated heterocycles. The number of halogens is 2. The molecular formula is C26H20Cl2N2O2. The van der Waals surface area contributed by atoms with Crippen LogP contribution in [0.3, 0.4) is 0 Å². The van der Waals surface area contributed by atoms with Crippen LogP contribution in [0.15, 0.2) is 72.9 Å². The first-order valence-corrected chi connectivity index (χ1v) is 10.9. The number of allylic oxidation sites excluding steroid dienone is 1. The smallest absolute Gasteiger partial charge is 0.328 e. The van der Waals surface area contributed by atoms with Crippen molar-refractivity contribution in [3.8, 4) is 0 Å². The molecule has 4 rings (SSSR count). The van der Waals surface area contributed by atoms with Gasteiger partial charge in [0, 0.05) is 21.5 Å². The molecule has 0 spiro atoms. The number of rotatable bonds is 6. The van der Waals surface area contributed by atoms with E-state index in [0.29, 0.717) is 10.0 Å². The Kier molecular flexibility index (Phi) is 6.45. The van der Waals surface area contributed by atoms with E-state index < -0.39 is 5.97 Å². The highest BCUT2D eigenvalue weighted by molar-refractivity contribution is 6.36. The first-order valence-electron chi connectivity index (χ1n) is 10.1. The second-order valence-corrected chi connectivity index (χ2v) is 8.14. The standard InChI is InChI=1S/C26H20Cl2N2O2/c1-2-21(22-10-9-20(27)14-23(22)28)26(18-8-11-24-19(13-18)15-29-30-24)17-6-3-16(4-7-17)5-12-25(31)32/h3-15H,2H2,1H3,(H,29,30)(H,31,32)/b12-5?,26-21+. The third-order valence-electron chi connectivity index (χ3n) is 5.26. The Morgan fingerprint density at radius 1 is 1.03 bits per heavy atom. The summed E-state index contributed by atoms with van der Waals surface area (Å²) in [6.07, 6.45) is 5.26. The molecule has 4 aromatic rings. The van der Waals surface area contributed by atoms with Crippen molar-refractivity contribution in [2.45, 2.75) is 13.3 Å². The maximum Gasteiger partial charge on any atom is 0.328 e. The van der Waals surface area contributed by atoms with Gasteiger partial charge in [0.2, 0.25) is 0 Å². The molecule has 0 aliphatic heterocycles. The van der Waals surface area contributed by atoms with Crippen molar-refractivity contribution < 1.29 is 9.90 Å². The summed E-state index contributed by atoms with van der Waals surface area (Å²) in [4.78, 5) is 10.8. The lowest BCUT2D eigenvalue weighted by atomic mass is 9.87. The maximum absolute atomic E-state index is 10.8. The maximum atomic E-state index is 10.8. The number of carbonyl (C=O) groups is 1. The van der Waals surface area contributed by atoms with E-state index in [1.165, 1.54) is 0 Å². The minimum absolute atomic E-state index is 0.588. The van der Waals surface area contributed by atoms with Gasteiger partial charge in [0.15, 0.2) is 0 Å². The number of hydrogen-bond donors (Lipinski definition) is 2. The molecule has 0 aliphatic carbocycles. The summed E-state index contributed by atoms with van der Waals surface area (Å²) in [5.74, 6) is -0.978. The number of hydrogen-bond acceptors (Lipinski definition) is 2. The highest BCUT2D eigenvalue weighted by Gasteiger charge is 2.16. The van der Waals surface area contributed by atoms with Gasteiger partial charge in [0.05, 0.1) is 11.7 Å². The molecule has 0 aliphatic rings. The Balaban J connectivity index is 1.93. The topological polar surface area (TPSA) is 66.0 Å². The van der Waals surface area contributed by atoms with Crippen molar-refractivity contribution >= 4 is 57.3 Å². The molecule has 4 nitrogen and oxygen atoms in total. The number of carboxylic acids is 1. The second-order valence-electron chi connectivity index (χ2n) is 7.30. The molecule has 160 valence electrons. The third kappa shape index (κ3) is 4.62. The summed E-state index contributed by atoms with van der Waals surface area (Å²) in [6, 6.07) is 19.5. The molecule has 3 aromatic carbocycles. The summed E-state index contributed by atoms with van der Waals surface area (Å²) < 4.78 is 0. The normalized spacial score (nSPS) is 12.3. The van der Waals surface area contributed by atoms with Crippen molar-refractivity contribution in [1.29, 1.82) is 0 Å². The van der Waals surface area contributed by atoms with Gasteiger partial charge in [-0.3, -0.25) is 5.10 Å². The molecule has 0 atom stereocenters. The van der Waals surface area contributed by atoms with Crippen LogP contribution in [-0.2, 0) is 4.79 Å². The Morgan fingerprint density at radius 3 is 2.47 bits per heavy atom. The van der Waals surface area contributed by atoms with E-state index in [4.69, 9.17) is 28.3 Å². The van der Waals surface area contributed by atoms with E-state index >= 15 is 0 Å². The van der Waals surface area contributed by atoms with E-state index in [-0.39, 0.29) is 0 Å². The highest BCUT2D eigenvalue weighted by atomic mass is 35.5. The van der Waals surface area contributed by atoms with E-state index in [9.17, 15) is 4.79 Å². The van der Waals surface area contributed by atoms with Crippen LogP contribution in [0.4, 0.5) is 0 Å². The summed E-state index contributed by atoms with van der Waals surface area (Å²) in [6.45, 7) is 2.10. The average Bonchev–Trinajstić information content (AvgIpc) is 3.25. The molecule has 0 bridgehead atoms. The lowest BCUT2D eigenvalue weighted by Gasteiger charge is -2.18. The number of aromatic nitrogens is 2. The van der Waals surface area contributed by atoms with Gasteiger partial charge in [0.1, 0.15) is 0 Å². The zero-order valence-electron chi connectivity index (χ0n) is 17.3. The van der Waals surface area contributed by atoms with Crippen LogP contribution in [-0.4, -0.2) is 21.3 Å². The Morgan fingerprint density at radius 2 is 1.78 bits per heavy atom. The number of fused-ring (bicyclic) bond motifs is 1. The number of carboxylic acid groups (broad SMARTS) is 1. The number of benzene rings is 3. The van der Waals surface area contributed by atoms with E-state index in [2.05, 4.69) is 29.3 Å². The molecule has 0 amide bonds. The molecule has 1 aromatic heterocycles. The average molecular weight is 463 g/mol. The Labute approximate surface area is 195 Å². The van der Waals surface area contributed by atoms with Gasteiger partial charge in [-0.2, -0.15) is 5.10 Å².